The maximum atomic E-state index is 13.0. The molecule has 0 radical (unpaired) electrons. The van der Waals surface area contributed by atoms with Crippen molar-refractivity contribution in [3.8, 4) is 17.2 Å². The molecule has 0 aromatic heterocycles. The summed E-state index contributed by atoms with van der Waals surface area (Å²) in [6.45, 7) is 7.44. The number of imide groups is 1. The van der Waals surface area contributed by atoms with Crippen molar-refractivity contribution in [2.45, 2.75) is 32.7 Å². The summed E-state index contributed by atoms with van der Waals surface area (Å²) in [6.07, 6.45) is 1.69. The summed E-state index contributed by atoms with van der Waals surface area (Å²) in [7, 11) is 1.56. The molecule has 0 N–H and O–H groups in total. The number of nitrogens with zero attached hydrogens (tertiary/aromatic N) is 1. The summed E-state index contributed by atoms with van der Waals surface area (Å²) >= 11 is 6.71. The minimum absolute atomic E-state index is 0.0897. The van der Waals surface area contributed by atoms with Crippen LogP contribution in [0.25, 0.3) is 6.08 Å². The van der Waals surface area contributed by atoms with Gasteiger partial charge in [0.15, 0.2) is 11.5 Å². The van der Waals surface area contributed by atoms with E-state index >= 15 is 0 Å². The third kappa shape index (κ3) is 7.58. The number of thioether (sulfide) groups is 1. The highest BCUT2D eigenvalue weighted by atomic mass is 127. The molecule has 0 atom stereocenters. The van der Waals surface area contributed by atoms with Crippen molar-refractivity contribution in [3.63, 3.8) is 0 Å². The number of hydrogen-bond donors (Lipinski definition) is 0. The first-order valence-electron chi connectivity index (χ1n) is 12.3. The van der Waals surface area contributed by atoms with Gasteiger partial charge in [-0.1, -0.05) is 45.0 Å². The number of amides is 2. The first-order valence-corrected chi connectivity index (χ1v) is 15.0. The Morgan fingerprint density at radius 2 is 1.64 bits per heavy atom. The molecule has 3 aromatic rings. The SMILES string of the molecule is COc1cc(/C=C2\SC(=O)N(Cc3ccc(I)cc3)C2=O)cc(Br)c1OCCOc1ccc(C(C)(C)C)cc1. The lowest BCUT2D eigenvalue weighted by atomic mass is 9.87. The molecule has 1 aliphatic heterocycles. The molecule has 1 fully saturated rings. The van der Waals surface area contributed by atoms with Crippen molar-refractivity contribution in [2.75, 3.05) is 20.3 Å². The van der Waals surface area contributed by atoms with Crippen LogP contribution in [0.5, 0.6) is 17.2 Å². The summed E-state index contributed by atoms with van der Waals surface area (Å²) < 4.78 is 19.1. The molecule has 4 rings (SSSR count). The second-order valence-electron chi connectivity index (χ2n) is 9.90. The first kappa shape index (κ1) is 29.5. The molecule has 2 amide bonds. The molecule has 6 nitrogen and oxygen atoms in total. The Hall–Kier alpha value is -2.50. The number of carbonyl (C=O) groups is 2. The monoisotopic (exact) mass is 721 g/mol. The maximum absolute atomic E-state index is 13.0. The van der Waals surface area contributed by atoms with E-state index < -0.39 is 0 Å². The lowest BCUT2D eigenvalue weighted by Gasteiger charge is -2.19. The van der Waals surface area contributed by atoms with Gasteiger partial charge in [0.05, 0.1) is 23.0 Å². The molecule has 0 bridgehead atoms. The van der Waals surface area contributed by atoms with Gasteiger partial charge >= 0.3 is 0 Å². The van der Waals surface area contributed by atoms with Gasteiger partial charge in [0, 0.05) is 3.57 Å². The van der Waals surface area contributed by atoms with E-state index in [1.54, 1.807) is 19.3 Å². The van der Waals surface area contributed by atoms with Gasteiger partial charge in [-0.25, -0.2) is 0 Å². The highest BCUT2D eigenvalue weighted by Crippen LogP contribution is 2.39. The average molecular weight is 722 g/mol. The van der Waals surface area contributed by atoms with E-state index in [4.69, 9.17) is 14.2 Å². The average Bonchev–Trinajstić information content (AvgIpc) is 3.15. The van der Waals surface area contributed by atoms with E-state index in [1.807, 2.05) is 42.5 Å². The van der Waals surface area contributed by atoms with Crippen molar-refractivity contribution in [3.05, 3.63) is 90.3 Å². The Balaban J connectivity index is 1.39. The van der Waals surface area contributed by atoms with Crippen LogP contribution in [0.2, 0.25) is 0 Å². The van der Waals surface area contributed by atoms with Crippen LogP contribution in [0.1, 0.15) is 37.5 Å². The molecule has 0 aliphatic carbocycles. The molecule has 39 heavy (non-hydrogen) atoms. The van der Waals surface area contributed by atoms with Crippen LogP contribution in [0.4, 0.5) is 4.79 Å². The zero-order valence-corrected chi connectivity index (χ0v) is 26.7. The molecule has 0 spiro atoms. The van der Waals surface area contributed by atoms with Gasteiger partial charge in [-0.3, -0.25) is 14.5 Å². The number of benzene rings is 3. The molecule has 0 unspecified atom stereocenters. The quantitative estimate of drug-likeness (QED) is 0.127. The van der Waals surface area contributed by atoms with Crippen molar-refractivity contribution in [1.29, 1.82) is 0 Å². The number of halogens is 2. The lowest BCUT2D eigenvalue weighted by Crippen LogP contribution is -2.27. The predicted molar refractivity (Wildman–Crippen MR) is 167 cm³/mol. The number of ether oxygens (including phenoxy) is 3. The minimum atomic E-state index is -0.313. The zero-order valence-electron chi connectivity index (χ0n) is 22.1. The molecule has 9 heteroatoms. The third-order valence-electron chi connectivity index (χ3n) is 6.00. The van der Waals surface area contributed by atoms with E-state index in [1.165, 1.54) is 10.5 Å². The Morgan fingerprint density at radius 3 is 2.28 bits per heavy atom. The smallest absolute Gasteiger partial charge is 0.293 e. The van der Waals surface area contributed by atoms with Crippen molar-refractivity contribution in [2.24, 2.45) is 0 Å². The molecule has 3 aromatic carbocycles. The van der Waals surface area contributed by atoms with Crippen LogP contribution in [0, 0.1) is 3.57 Å². The second-order valence-corrected chi connectivity index (χ2v) is 13.0. The molecule has 0 saturated carbocycles. The van der Waals surface area contributed by atoms with Crippen molar-refractivity contribution < 1.29 is 23.8 Å². The fraction of sp³-hybridized carbons (Fsp3) is 0.267. The predicted octanol–water partition coefficient (Wildman–Crippen LogP) is 8.05. The Morgan fingerprint density at radius 1 is 0.974 bits per heavy atom. The fourth-order valence-electron chi connectivity index (χ4n) is 3.88. The lowest BCUT2D eigenvalue weighted by molar-refractivity contribution is -0.123. The summed E-state index contributed by atoms with van der Waals surface area (Å²) in [4.78, 5) is 27.2. The molecule has 1 saturated heterocycles. The van der Waals surface area contributed by atoms with Crippen molar-refractivity contribution >= 4 is 67.5 Å². The van der Waals surface area contributed by atoms with Crippen LogP contribution in [-0.4, -0.2) is 36.4 Å². The summed E-state index contributed by atoms with van der Waals surface area (Å²) in [5.41, 5.74) is 2.94. The van der Waals surface area contributed by atoms with Gasteiger partial charge in [-0.2, -0.15) is 0 Å². The van der Waals surface area contributed by atoms with Gasteiger partial charge in [-0.15, -0.1) is 0 Å². The van der Waals surface area contributed by atoms with Crippen LogP contribution in [0.3, 0.4) is 0 Å². The highest BCUT2D eigenvalue weighted by molar-refractivity contribution is 14.1. The normalized spacial score (nSPS) is 14.7. The summed E-state index contributed by atoms with van der Waals surface area (Å²) in [5.74, 6) is 1.51. The van der Waals surface area contributed by atoms with E-state index in [2.05, 4.69) is 71.4 Å². The van der Waals surface area contributed by atoms with Gasteiger partial charge in [0.2, 0.25) is 0 Å². The van der Waals surface area contributed by atoms with Gasteiger partial charge in [0.1, 0.15) is 19.0 Å². The Kier molecular flexibility index (Phi) is 9.66. The molecule has 204 valence electrons. The maximum Gasteiger partial charge on any atom is 0.293 e. The topological polar surface area (TPSA) is 65.1 Å². The first-order chi connectivity index (χ1) is 18.5. The molecular formula is C30H29BrINO5S. The summed E-state index contributed by atoms with van der Waals surface area (Å²) in [6, 6.07) is 19.4. The molecule has 1 heterocycles. The second kappa shape index (κ2) is 12.8. The number of rotatable bonds is 9. The number of carbonyl (C=O) groups excluding carboxylic acids is 2. The molecular weight excluding hydrogens is 693 g/mol. The Bertz CT molecular complexity index is 1380. The van der Waals surface area contributed by atoms with Crippen LogP contribution in [0.15, 0.2) is 70.0 Å². The van der Waals surface area contributed by atoms with Gasteiger partial charge < -0.3 is 14.2 Å². The molecule has 1 aliphatic rings. The van der Waals surface area contributed by atoms with E-state index in [0.717, 1.165) is 26.6 Å². The van der Waals surface area contributed by atoms with Crippen molar-refractivity contribution in [1.82, 2.24) is 4.90 Å². The van der Waals surface area contributed by atoms with E-state index in [9.17, 15) is 9.59 Å². The van der Waals surface area contributed by atoms with Gasteiger partial charge in [-0.05, 0) is 115 Å². The standard InChI is InChI=1S/C30H29BrINO5S/c1-30(2,3)21-7-11-23(12-8-21)37-13-14-38-27-24(31)15-20(16-25(27)36-4)17-26-28(34)33(29(35)39-26)18-19-5-9-22(32)10-6-19/h5-12,15-17H,13-14,18H2,1-4H3/b26-17-. The van der Waals surface area contributed by atoms with Gasteiger partial charge in [0.25, 0.3) is 11.1 Å². The fourth-order valence-corrected chi connectivity index (χ4v) is 5.65. The van der Waals surface area contributed by atoms with E-state index in [-0.39, 0.29) is 23.1 Å². The highest BCUT2D eigenvalue weighted by Gasteiger charge is 2.35. The third-order valence-corrected chi connectivity index (χ3v) is 8.21. The Labute approximate surface area is 255 Å². The summed E-state index contributed by atoms with van der Waals surface area (Å²) in [5, 5.41) is -0.288. The van der Waals surface area contributed by atoms with Crippen LogP contribution in [-0.2, 0) is 16.8 Å². The largest absolute Gasteiger partial charge is 0.493 e. The number of methoxy groups -OCH3 is 1. The zero-order chi connectivity index (χ0) is 28.2. The van der Waals surface area contributed by atoms with E-state index in [0.29, 0.717) is 39.7 Å². The minimum Gasteiger partial charge on any atom is -0.493 e. The van der Waals surface area contributed by atoms with Crippen LogP contribution >= 0.6 is 50.3 Å². The number of hydrogen-bond acceptors (Lipinski definition) is 6. The van der Waals surface area contributed by atoms with Crippen LogP contribution < -0.4 is 14.2 Å².